The minimum atomic E-state index is 0.469. The molecule has 0 saturated carbocycles. The van der Waals surface area contributed by atoms with Crippen LogP contribution in [0.25, 0.3) is 0 Å². The smallest absolute Gasteiger partial charge is 0.0367 e. The van der Waals surface area contributed by atoms with E-state index in [1.54, 1.807) is 0 Å². The van der Waals surface area contributed by atoms with E-state index in [1.165, 1.54) is 33.4 Å². The summed E-state index contributed by atoms with van der Waals surface area (Å²) >= 11 is 0. The van der Waals surface area contributed by atoms with Crippen molar-refractivity contribution in [1.82, 2.24) is 5.32 Å². The average Bonchev–Trinajstić information content (AvgIpc) is 2.77. The average molecular weight is 251 g/mol. The first kappa shape index (κ1) is 12.4. The molecule has 0 amide bonds. The molecule has 1 N–H and O–H groups in total. The van der Waals surface area contributed by atoms with Gasteiger partial charge in [0.25, 0.3) is 0 Å². The Kier molecular flexibility index (Phi) is 3.16. The van der Waals surface area contributed by atoms with E-state index in [0.717, 1.165) is 13.0 Å². The molecule has 2 aromatic carbocycles. The molecule has 0 radical (unpaired) electrons. The van der Waals surface area contributed by atoms with Gasteiger partial charge in [-0.25, -0.2) is 0 Å². The molecule has 1 atom stereocenters. The maximum Gasteiger partial charge on any atom is 0.0367 e. The van der Waals surface area contributed by atoms with Crippen LogP contribution in [0.2, 0.25) is 0 Å². The third-order valence-corrected chi connectivity index (χ3v) is 4.22. The normalized spacial score (nSPS) is 17.5. The molecule has 1 heterocycles. The lowest BCUT2D eigenvalue weighted by molar-refractivity contribution is 0.578. The van der Waals surface area contributed by atoms with Crippen molar-refractivity contribution in [1.29, 1.82) is 0 Å². The van der Waals surface area contributed by atoms with Gasteiger partial charge in [0.15, 0.2) is 0 Å². The van der Waals surface area contributed by atoms with E-state index in [2.05, 4.69) is 62.5 Å². The summed E-state index contributed by atoms with van der Waals surface area (Å²) in [6.07, 6.45) is 1.09. The summed E-state index contributed by atoms with van der Waals surface area (Å²) in [6, 6.07) is 13.8. The fourth-order valence-corrected chi connectivity index (χ4v) is 3.30. The first-order valence-electron chi connectivity index (χ1n) is 7.03. The zero-order valence-corrected chi connectivity index (χ0v) is 12.0. The Balaban J connectivity index is 1.92. The summed E-state index contributed by atoms with van der Waals surface area (Å²) in [5.74, 6) is 0. The van der Waals surface area contributed by atoms with Gasteiger partial charge in [0.1, 0.15) is 0 Å². The van der Waals surface area contributed by atoms with Crippen LogP contribution in [0.5, 0.6) is 0 Å². The van der Waals surface area contributed by atoms with Crippen LogP contribution < -0.4 is 5.32 Å². The largest absolute Gasteiger partial charge is 0.306 e. The quantitative estimate of drug-likeness (QED) is 0.850. The van der Waals surface area contributed by atoms with E-state index < -0.39 is 0 Å². The molecular formula is C18H21N. The van der Waals surface area contributed by atoms with E-state index in [1.807, 2.05) is 0 Å². The van der Waals surface area contributed by atoms with Crippen molar-refractivity contribution in [3.63, 3.8) is 0 Å². The number of rotatable bonds is 2. The van der Waals surface area contributed by atoms with Gasteiger partial charge in [0.2, 0.25) is 0 Å². The predicted octanol–water partition coefficient (Wildman–Crippen LogP) is 4.00. The van der Waals surface area contributed by atoms with Gasteiger partial charge in [-0.15, -0.1) is 0 Å². The fraction of sp³-hybridized carbons (Fsp3) is 0.333. The Labute approximate surface area is 115 Å². The molecule has 0 saturated heterocycles. The highest BCUT2D eigenvalue weighted by Gasteiger charge is 2.22. The van der Waals surface area contributed by atoms with Crippen molar-refractivity contribution in [2.45, 2.75) is 39.8 Å². The Bertz CT molecular complexity index is 590. The number of fused-ring (bicyclic) bond motifs is 1. The van der Waals surface area contributed by atoms with Crippen LogP contribution in [0.4, 0.5) is 0 Å². The molecule has 0 fully saturated rings. The molecule has 1 heteroatoms. The van der Waals surface area contributed by atoms with E-state index in [9.17, 15) is 0 Å². The van der Waals surface area contributed by atoms with Crippen LogP contribution in [0, 0.1) is 20.8 Å². The highest BCUT2D eigenvalue weighted by molar-refractivity contribution is 5.41. The van der Waals surface area contributed by atoms with Crippen LogP contribution in [0.1, 0.15) is 39.4 Å². The number of hydrogen-bond donors (Lipinski definition) is 1. The van der Waals surface area contributed by atoms with Gasteiger partial charge < -0.3 is 5.32 Å². The predicted molar refractivity (Wildman–Crippen MR) is 80.4 cm³/mol. The first-order chi connectivity index (χ1) is 9.15. The van der Waals surface area contributed by atoms with Crippen molar-refractivity contribution >= 4 is 0 Å². The summed E-state index contributed by atoms with van der Waals surface area (Å²) in [4.78, 5) is 0. The summed E-state index contributed by atoms with van der Waals surface area (Å²) < 4.78 is 0. The first-order valence-corrected chi connectivity index (χ1v) is 7.03. The molecule has 1 aliphatic heterocycles. The Hall–Kier alpha value is -1.60. The summed E-state index contributed by atoms with van der Waals surface area (Å²) in [6.45, 7) is 7.64. The van der Waals surface area contributed by atoms with Gasteiger partial charge in [-0.2, -0.15) is 0 Å². The topological polar surface area (TPSA) is 12.0 Å². The minimum absolute atomic E-state index is 0.469. The molecule has 3 rings (SSSR count). The van der Waals surface area contributed by atoms with Crippen molar-refractivity contribution in [2.24, 2.45) is 0 Å². The standard InChI is InChI=1S/C18H21N/c1-12-8-13(2)17(14(3)9-12)10-18-16-7-5-4-6-15(16)11-19-18/h4-9,18-19H,10-11H2,1-3H3. The van der Waals surface area contributed by atoms with E-state index in [-0.39, 0.29) is 0 Å². The zero-order chi connectivity index (χ0) is 13.4. The molecular weight excluding hydrogens is 230 g/mol. The maximum absolute atomic E-state index is 3.64. The van der Waals surface area contributed by atoms with Crippen molar-refractivity contribution in [3.05, 3.63) is 69.8 Å². The van der Waals surface area contributed by atoms with Gasteiger partial charge in [-0.1, -0.05) is 42.0 Å². The second kappa shape index (κ2) is 4.82. The lowest BCUT2D eigenvalue weighted by atomic mass is 9.92. The second-order valence-electron chi connectivity index (χ2n) is 5.71. The van der Waals surface area contributed by atoms with Crippen molar-refractivity contribution in [3.8, 4) is 0 Å². The minimum Gasteiger partial charge on any atom is -0.306 e. The van der Waals surface area contributed by atoms with Crippen LogP contribution >= 0.6 is 0 Å². The highest BCUT2D eigenvalue weighted by Crippen LogP contribution is 2.30. The molecule has 0 aromatic heterocycles. The van der Waals surface area contributed by atoms with Gasteiger partial charge in [-0.3, -0.25) is 0 Å². The van der Waals surface area contributed by atoms with Crippen molar-refractivity contribution < 1.29 is 0 Å². The molecule has 1 unspecified atom stereocenters. The highest BCUT2D eigenvalue weighted by atomic mass is 14.9. The molecule has 0 bridgehead atoms. The van der Waals surface area contributed by atoms with E-state index in [4.69, 9.17) is 0 Å². The SMILES string of the molecule is Cc1cc(C)c(CC2NCc3ccccc32)c(C)c1. The Morgan fingerprint density at radius 3 is 2.47 bits per heavy atom. The second-order valence-corrected chi connectivity index (χ2v) is 5.71. The summed E-state index contributed by atoms with van der Waals surface area (Å²) in [7, 11) is 0. The molecule has 2 aromatic rings. The Morgan fingerprint density at radius 2 is 1.74 bits per heavy atom. The van der Waals surface area contributed by atoms with Crippen LogP contribution in [0.3, 0.4) is 0 Å². The third kappa shape index (κ3) is 2.31. The lowest BCUT2D eigenvalue weighted by Gasteiger charge is -2.17. The van der Waals surface area contributed by atoms with E-state index >= 15 is 0 Å². The fourth-order valence-electron chi connectivity index (χ4n) is 3.30. The van der Waals surface area contributed by atoms with Gasteiger partial charge in [-0.05, 0) is 55.0 Å². The molecule has 98 valence electrons. The monoisotopic (exact) mass is 251 g/mol. The lowest BCUT2D eigenvalue weighted by Crippen LogP contribution is -2.16. The number of benzene rings is 2. The zero-order valence-electron chi connectivity index (χ0n) is 12.0. The molecule has 1 nitrogen and oxygen atoms in total. The number of hydrogen-bond acceptors (Lipinski definition) is 1. The van der Waals surface area contributed by atoms with Gasteiger partial charge in [0, 0.05) is 12.6 Å². The van der Waals surface area contributed by atoms with Gasteiger partial charge >= 0.3 is 0 Å². The number of aryl methyl sites for hydroxylation is 3. The van der Waals surface area contributed by atoms with Crippen LogP contribution in [-0.2, 0) is 13.0 Å². The number of nitrogens with one attached hydrogen (secondary N) is 1. The van der Waals surface area contributed by atoms with Crippen LogP contribution in [0.15, 0.2) is 36.4 Å². The Morgan fingerprint density at radius 1 is 1.05 bits per heavy atom. The summed E-state index contributed by atoms with van der Waals surface area (Å²) in [5, 5.41) is 3.64. The van der Waals surface area contributed by atoms with E-state index in [0.29, 0.717) is 6.04 Å². The molecule has 0 aliphatic carbocycles. The summed E-state index contributed by atoms with van der Waals surface area (Å²) in [5.41, 5.74) is 8.63. The molecule has 19 heavy (non-hydrogen) atoms. The van der Waals surface area contributed by atoms with Crippen LogP contribution in [-0.4, -0.2) is 0 Å². The third-order valence-electron chi connectivity index (χ3n) is 4.22. The maximum atomic E-state index is 3.64. The van der Waals surface area contributed by atoms with Crippen molar-refractivity contribution in [2.75, 3.05) is 0 Å². The molecule has 1 aliphatic rings. The molecule has 0 spiro atoms. The van der Waals surface area contributed by atoms with Gasteiger partial charge in [0.05, 0.1) is 0 Å².